The van der Waals surface area contributed by atoms with Gasteiger partial charge in [0.2, 0.25) is 10.0 Å². The predicted octanol–water partition coefficient (Wildman–Crippen LogP) is 1.46. The lowest BCUT2D eigenvalue weighted by molar-refractivity contribution is -0.140. The highest BCUT2D eigenvalue weighted by atomic mass is 32.2. The van der Waals surface area contributed by atoms with Gasteiger partial charge in [-0.15, -0.1) is 0 Å². The Balaban J connectivity index is 2.97. The Morgan fingerprint density at radius 2 is 1.89 bits per heavy atom. The topological polar surface area (TPSA) is 83.5 Å². The highest BCUT2D eigenvalue weighted by Crippen LogP contribution is 2.13. The molecule has 6 heteroatoms. The van der Waals surface area contributed by atoms with E-state index >= 15 is 0 Å². The van der Waals surface area contributed by atoms with Gasteiger partial charge in [-0.2, -0.15) is 4.72 Å². The van der Waals surface area contributed by atoms with Crippen LogP contribution in [-0.4, -0.2) is 25.5 Å². The molecule has 0 aliphatic carbocycles. The number of sulfonamides is 1. The van der Waals surface area contributed by atoms with Crippen LogP contribution in [-0.2, 0) is 14.8 Å². The minimum atomic E-state index is -3.79. The van der Waals surface area contributed by atoms with Crippen LogP contribution in [0.5, 0.6) is 0 Å². The van der Waals surface area contributed by atoms with Crippen LogP contribution >= 0.6 is 0 Å². The monoisotopic (exact) mass is 271 g/mol. The van der Waals surface area contributed by atoms with E-state index in [1.807, 2.05) is 6.92 Å². The predicted molar refractivity (Wildman–Crippen MR) is 67.6 cm³/mol. The number of nitrogens with one attached hydrogen (secondary N) is 1. The summed E-state index contributed by atoms with van der Waals surface area (Å²) >= 11 is 0. The summed E-state index contributed by atoms with van der Waals surface area (Å²) in [7, 11) is -3.79. The lowest BCUT2D eigenvalue weighted by Gasteiger charge is -2.20. The normalized spacial score (nSPS) is 15.0. The molecule has 0 saturated carbocycles. The Kier molecular flexibility index (Phi) is 4.86. The van der Waals surface area contributed by atoms with Crippen LogP contribution in [0.4, 0.5) is 0 Å². The van der Waals surface area contributed by atoms with E-state index in [0.717, 1.165) is 0 Å². The number of carbonyl (C=O) groups is 1. The molecule has 0 radical (unpaired) electrons. The molecule has 0 amide bonds. The summed E-state index contributed by atoms with van der Waals surface area (Å²) in [4.78, 5) is 11.2. The number of rotatable bonds is 6. The van der Waals surface area contributed by atoms with Crippen LogP contribution in [0.2, 0.25) is 0 Å². The second kappa shape index (κ2) is 5.97. The molecule has 1 aromatic carbocycles. The maximum Gasteiger partial charge on any atom is 0.322 e. The van der Waals surface area contributed by atoms with Crippen LogP contribution < -0.4 is 4.72 Å². The fourth-order valence-electron chi connectivity index (χ4n) is 1.48. The minimum Gasteiger partial charge on any atom is -0.480 e. The van der Waals surface area contributed by atoms with E-state index in [9.17, 15) is 13.2 Å². The molecule has 0 fully saturated rings. The van der Waals surface area contributed by atoms with E-state index < -0.39 is 22.0 Å². The van der Waals surface area contributed by atoms with Crippen molar-refractivity contribution in [1.29, 1.82) is 0 Å². The maximum atomic E-state index is 12.0. The molecule has 0 saturated heterocycles. The zero-order chi connectivity index (χ0) is 13.8. The summed E-state index contributed by atoms with van der Waals surface area (Å²) in [5, 5.41) is 9.06. The maximum absolute atomic E-state index is 12.0. The number of hydrogen-bond acceptors (Lipinski definition) is 3. The quantitative estimate of drug-likeness (QED) is 0.820. The van der Waals surface area contributed by atoms with Gasteiger partial charge in [0.15, 0.2) is 0 Å². The number of hydrogen-bond donors (Lipinski definition) is 2. The molecular formula is C12H17NO4S. The van der Waals surface area contributed by atoms with Crippen molar-refractivity contribution >= 4 is 16.0 Å². The molecule has 0 bridgehead atoms. The van der Waals surface area contributed by atoms with Crippen LogP contribution in [0, 0.1) is 5.92 Å². The van der Waals surface area contributed by atoms with Crippen molar-refractivity contribution < 1.29 is 18.3 Å². The first-order chi connectivity index (χ1) is 8.38. The Morgan fingerprint density at radius 3 is 2.33 bits per heavy atom. The molecule has 0 heterocycles. The van der Waals surface area contributed by atoms with Crippen LogP contribution in [0.15, 0.2) is 35.2 Å². The molecule has 0 aliphatic rings. The molecule has 0 aliphatic heterocycles. The highest BCUT2D eigenvalue weighted by molar-refractivity contribution is 7.89. The Bertz CT molecular complexity index is 498. The summed E-state index contributed by atoms with van der Waals surface area (Å²) in [6.07, 6.45) is 0.578. The number of carboxylic acids is 1. The summed E-state index contributed by atoms with van der Waals surface area (Å²) in [5.41, 5.74) is 0. The molecule has 1 aromatic rings. The largest absolute Gasteiger partial charge is 0.480 e. The molecule has 1 rings (SSSR count). The standard InChI is InChI=1S/C12H17NO4S/c1-3-9(2)11(12(14)15)13-18(16,17)10-7-5-4-6-8-10/h4-9,11,13H,3H2,1-2H3,(H,14,15)/t9?,11-/m1/s1. The Labute approximate surface area is 107 Å². The number of carboxylic acid groups (broad SMARTS) is 1. The smallest absolute Gasteiger partial charge is 0.322 e. The minimum absolute atomic E-state index is 0.0690. The van der Waals surface area contributed by atoms with Crippen LogP contribution in [0.25, 0.3) is 0 Å². The van der Waals surface area contributed by atoms with Gasteiger partial charge in [-0.3, -0.25) is 4.79 Å². The Hall–Kier alpha value is -1.40. The molecule has 0 aromatic heterocycles. The highest BCUT2D eigenvalue weighted by Gasteiger charge is 2.29. The van der Waals surface area contributed by atoms with E-state index in [1.54, 1.807) is 25.1 Å². The molecule has 2 N–H and O–H groups in total. The zero-order valence-corrected chi connectivity index (χ0v) is 11.1. The fourth-order valence-corrected chi connectivity index (χ4v) is 2.80. The van der Waals surface area contributed by atoms with E-state index in [0.29, 0.717) is 6.42 Å². The van der Waals surface area contributed by atoms with Crippen molar-refractivity contribution in [2.45, 2.75) is 31.2 Å². The van der Waals surface area contributed by atoms with Crippen molar-refractivity contribution in [2.75, 3.05) is 0 Å². The molecule has 100 valence electrons. The fraction of sp³-hybridized carbons (Fsp3) is 0.417. The summed E-state index contributed by atoms with van der Waals surface area (Å²) in [6.45, 7) is 3.52. The first kappa shape index (κ1) is 14.7. The van der Waals surface area contributed by atoms with Crippen molar-refractivity contribution in [1.82, 2.24) is 4.72 Å². The molecule has 0 spiro atoms. The molecular weight excluding hydrogens is 254 g/mol. The second-order valence-electron chi connectivity index (χ2n) is 4.14. The van der Waals surface area contributed by atoms with Gasteiger partial charge in [0.1, 0.15) is 6.04 Å². The van der Waals surface area contributed by atoms with Crippen molar-refractivity contribution in [3.8, 4) is 0 Å². The van der Waals surface area contributed by atoms with Crippen LogP contribution in [0.3, 0.4) is 0 Å². The average molecular weight is 271 g/mol. The molecule has 5 nitrogen and oxygen atoms in total. The van der Waals surface area contributed by atoms with Crippen LogP contribution in [0.1, 0.15) is 20.3 Å². The first-order valence-corrected chi connectivity index (χ1v) is 7.17. The van der Waals surface area contributed by atoms with E-state index in [4.69, 9.17) is 5.11 Å². The van der Waals surface area contributed by atoms with Gasteiger partial charge in [0.25, 0.3) is 0 Å². The van der Waals surface area contributed by atoms with Gasteiger partial charge in [-0.05, 0) is 18.1 Å². The summed E-state index contributed by atoms with van der Waals surface area (Å²) < 4.78 is 26.2. The molecule has 1 unspecified atom stereocenters. The van der Waals surface area contributed by atoms with Crippen molar-refractivity contribution in [2.24, 2.45) is 5.92 Å². The van der Waals surface area contributed by atoms with E-state index in [1.165, 1.54) is 12.1 Å². The lowest BCUT2D eigenvalue weighted by Crippen LogP contribution is -2.44. The SMILES string of the molecule is CCC(C)[C@@H](NS(=O)(=O)c1ccccc1)C(=O)O. The van der Waals surface area contributed by atoms with Gasteiger partial charge in [0.05, 0.1) is 4.90 Å². The summed E-state index contributed by atoms with van der Waals surface area (Å²) in [6, 6.07) is 6.62. The van der Waals surface area contributed by atoms with Gasteiger partial charge >= 0.3 is 5.97 Å². The zero-order valence-electron chi connectivity index (χ0n) is 10.3. The average Bonchev–Trinajstić information content (AvgIpc) is 2.36. The number of benzene rings is 1. The van der Waals surface area contributed by atoms with Crippen molar-refractivity contribution in [3.63, 3.8) is 0 Å². The third kappa shape index (κ3) is 3.54. The third-order valence-corrected chi connectivity index (χ3v) is 4.27. The summed E-state index contributed by atoms with van der Waals surface area (Å²) in [5.74, 6) is -1.44. The van der Waals surface area contributed by atoms with Gasteiger partial charge in [-0.1, -0.05) is 38.5 Å². The molecule has 2 atom stereocenters. The lowest BCUT2D eigenvalue weighted by atomic mass is 10.0. The van der Waals surface area contributed by atoms with Gasteiger partial charge in [0, 0.05) is 0 Å². The van der Waals surface area contributed by atoms with E-state index in [2.05, 4.69) is 4.72 Å². The van der Waals surface area contributed by atoms with E-state index in [-0.39, 0.29) is 10.8 Å². The second-order valence-corrected chi connectivity index (χ2v) is 5.85. The van der Waals surface area contributed by atoms with Gasteiger partial charge in [-0.25, -0.2) is 8.42 Å². The third-order valence-electron chi connectivity index (χ3n) is 2.81. The number of aliphatic carboxylic acids is 1. The molecule has 18 heavy (non-hydrogen) atoms. The Morgan fingerprint density at radius 1 is 1.33 bits per heavy atom. The van der Waals surface area contributed by atoms with Crippen molar-refractivity contribution in [3.05, 3.63) is 30.3 Å². The van der Waals surface area contributed by atoms with Gasteiger partial charge < -0.3 is 5.11 Å². The first-order valence-electron chi connectivity index (χ1n) is 5.68.